The van der Waals surface area contributed by atoms with Gasteiger partial charge in [-0.3, -0.25) is 0 Å². The van der Waals surface area contributed by atoms with Gasteiger partial charge in [-0.2, -0.15) is 4.98 Å². The smallest absolute Gasteiger partial charge is 0.339 e. The quantitative estimate of drug-likeness (QED) is 0.365. The van der Waals surface area contributed by atoms with Crippen LogP contribution in [-0.2, 0) is 17.1 Å². The van der Waals surface area contributed by atoms with Crippen molar-refractivity contribution < 1.29 is 14.1 Å². The zero-order chi connectivity index (χ0) is 17.6. The molecule has 0 atom stereocenters. The topological polar surface area (TPSA) is 78.1 Å². The highest BCUT2D eigenvalue weighted by molar-refractivity contribution is 7.98. The van der Waals surface area contributed by atoms with E-state index < -0.39 is 5.97 Å². The first-order valence-electron chi connectivity index (χ1n) is 7.40. The first-order valence-corrected chi connectivity index (χ1v) is 8.77. The summed E-state index contributed by atoms with van der Waals surface area (Å²) in [5.74, 6) is 1.17. The van der Waals surface area contributed by atoms with Crippen molar-refractivity contribution in [1.82, 2.24) is 15.1 Å². The molecule has 0 fully saturated rings. The lowest BCUT2D eigenvalue weighted by Gasteiger charge is -2.08. The second kappa shape index (κ2) is 8.13. The third-order valence-corrected chi connectivity index (χ3v) is 4.47. The minimum absolute atomic E-state index is 0.130. The molecule has 6 nitrogen and oxygen atoms in total. The molecule has 0 radical (unpaired) electrons. The fourth-order valence-corrected chi connectivity index (χ4v) is 3.01. The fraction of sp³-hybridized carbons (Fsp3) is 0.176. The van der Waals surface area contributed by atoms with Crippen LogP contribution < -0.4 is 0 Å². The normalized spacial score (nSPS) is 10.6. The molecule has 1 aromatic carbocycles. The van der Waals surface area contributed by atoms with Gasteiger partial charge in [0.25, 0.3) is 0 Å². The zero-order valence-corrected chi connectivity index (χ0v) is 14.9. The van der Waals surface area contributed by atoms with E-state index in [1.807, 2.05) is 12.1 Å². The first kappa shape index (κ1) is 17.4. The van der Waals surface area contributed by atoms with Crippen molar-refractivity contribution in [3.05, 3.63) is 70.6 Å². The number of carbonyl (C=O) groups excluding carboxylic acids is 1. The van der Waals surface area contributed by atoms with Crippen LogP contribution in [0.25, 0.3) is 0 Å². The number of thioether (sulfide) groups is 1. The van der Waals surface area contributed by atoms with Crippen LogP contribution >= 0.6 is 23.4 Å². The molecule has 2 aromatic heterocycles. The van der Waals surface area contributed by atoms with Gasteiger partial charge in [0.2, 0.25) is 5.89 Å². The molecule has 2 heterocycles. The predicted molar refractivity (Wildman–Crippen MR) is 93.4 cm³/mol. The molecule has 0 unspecified atom stereocenters. The third kappa shape index (κ3) is 4.80. The summed E-state index contributed by atoms with van der Waals surface area (Å²) in [4.78, 5) is 21.3. The molecule has 0 bridgehead atoms. The van der Waals surface area contributed by atoms with Crippen molar-refractivity contribution in [1.29, 1.82) is 0 Å². The molecule has 25 heavy (non-hydrogen) atoms. The van der Waals surface area contributed by atoms with Crippen LogP contribution in [0.3, 0.4) is 0 Å². The van der Waals surface area contributed by atoms with Gasteiger partial charge in [-0.15, -0.1) is 11.8 Å². The Hall–Kier alpha value is -2.38. The summed E-state index contributed by atoms with van der Waals surface area (Å²) in [5, 5.41) is 4.15. The Morgan fingerprint density at radius 2 is 2.12 bits per heavy atom. The minimum atomic E-state index is -0.403. The zero-order valence-electron chi connectivity index (χ0n) is 13.3. The van der Waals surface area contributed by atoms with Crippen LogP contribution in [0.5, 0.6) is 0 Å². The Balaban J connectivity index is 1.64. The molecular weight excluding hydrogens is 362 g/mol. The van der Waals surface area contributed by atoms with Crippen molar-refractivity contribution in [2.45, 2.75) is 24.2 Å². The van der Waals surface area contributed by atoms with Gasteiger partial charge in [0.1, 0.15) is 11.8 Å². The highest BCUT2D eigenvalue weighted by atomic mass is 35.5. The summed E-state index contributed by atoms with van der Waals surface area (Å²) in [5.41, 5.74) is 1.26. The fourth-order valence-electron chi connectivity index (χ4n) is 2.02. The standard InChI is InChI=1S/C17H14ClN3O3S/c1-11-20-16(24-21-11)10-25-14-5-3-2-4-13(14)17(22)23-9-12-6-7-15(18)19-8-12/h2-8H,9-10H2,1H3. The van der Waals surface area contributed by atoms with Gasteiger partial charge >= 0.3 is 5.97 Å². The summed E-state index contributed by atoms with van der Waals surface area (Å²) < 4.78 is 10.4. The summed E-state index contributed by atoms with van der Waals surface area (Å²) in [7, 11) is 0. The molecule has 0 N–H and O–H groups in total. The molecule has 0 aliphatic rings. The van der Waals surface area contributed by atoms with Crippen LogP contribution in [0.4, 0.5) is 0 Å². The minimum Gasteiger partial charge on any atom is -0.457 e. The maximum absolute atomic E-state index is 12.4. The van der Waals surface area contributed by atoms with Crippen molar-refractivity contribution in [2.24, 2.45) is 0 Å². The second-order valence-corrected chi connectivity index (χ2v) is 6.49. The number of rotatable bonds is 6. The molecule has 0 amide bonds. The van der Waals surface area contributed by atoms with E-state index in [4.69, 9.17) is 20.9 Å². The van der Waals surface area contributed by atoms with Crippen LogP contribution in [-0.4, -0.2) is 21.1 Å². The van der Waals surface area contributed by atoms with Gasteiger partial charge in [-0.1, -0.05) is 35.0 Å². The van der Waals surface area contributed by atoms with E-state index in [0.717, 1.165) is 10.5 Å². The van der Waals surface area contributed by atoms with Crippen LogP contribution in [0, 0.1) is 6.92 Å². The number of nitrogens with zero attached hydrogens (tertiary/aromatic N) is 3. The lowest BCUT2D eigenvalue weighted by Crippen LogP contribution is -2.07. The third-order valence-electron chi connectivity index (χ3n) is 3.19. The number of hydrogen-bond donors (Lipinski definition) is 0. The van der Waals surface area contributed by atoms with E-state index >= 15 is 0 Å². The van der Waals surface area contributed by atoms with Gasteiger partial charge in [0.15, 0.2) is 5.82 Å². The Morgan fingerprint density at radius 1 is 1.28 bits per heavy atom. The van der Waals surface area contributed by atoms with Gasteiger partial charge in [-0.05, 0) is 25.1 Å². The van der Waals surface area contributed by atoms with E-state index in [2.05, 4.69) is 15.1 Å². The number of hydrogen-bond acceptors (Lipinski definition) is 7. The molecule has 0 spiro atoms. The number of benzene rings is 1. The van der Waals surface area contributed by atoms with Crippen molar-refractivity contribution >= 4 is 29.3 Å². The van der Waals surface area contributed by atoms with E-state index in [1.165, 1.54) is 11.8 Å². The van der Waals surface area contributed by atoms with E-state index in [-0.39, 0.29) is 6.61 Å². The average Bonchev–Trinajstić information content (AvgIpc) is 3.05. The molecule has 0 aliphatic heterocycles. The molecule has 0 saturated heterocycles. The lowest BCUT2D eigenvalue weighted by atomic mass is 10.2. The second-order valence-electron chi connectivity index (χ2n) is 5.09. The summed E-state index contributed by atoms with van der Waals surface area (Å²) in [6.07, 6.45) is 1.58. The van der Waals surface area contributed by atoms with Crippen LogP contribution in [0.15, 0.2) is 52.0 Å². The van der Waals surface area contributed by atoms with Crippen molar-refractivity contribution in [3.63, 3.8) is 0 Å². The molecule has 128 valence electrons. The lowest BCUT2D eigenvalue weighted by molar-refractivity contribution is 0.0468. The number of carbonyl (C=O) groups is 1. The highest BCUT2D eigenvalue weighted by Gasteiger charge is 2.14. The largest absolute Gasteiger partial charge is 0.457 e. The van der Waals surface area contributed by atoms with Gasteiger partial charge in [-0.25, -0.2) is 9.78 Å². The highest BCUT2D eigenvalue weighted by Crippen LogP contribution is 2.26. The number of halogens is 1. The summed E-state index contributed by atoms with van der Waals surface area (Å²) in [6, 6.07) is 10.7. The number of ether oxygens (including phenoxy) is 1. The number of esters is 1. The van der Waals surface area contributed by atoms with Crippen molar-refractivity contribution in [2.75, 3.05) is 0 Å². The van der Waals surface area contributed by atoms with Gasteiger partial charge < -0.3 is 9.26 Å². The molecule has 0 aliphatic carbocycles. The Bertz CT molecular complexity index is 868. The number of aryl methyl sites for hydroxylation is 1. The number of pyridine rings is 1. The van der Waals surface area contributed by atoms with Crippen LogP contribution in [0.2, 0.25) is 5.15 Å². The Labute approximate surface area is 153 Å². The Morgan fingerprint density at radius 3 is 2.84 bits per heavy atom. The molecule has 0 saturated carbocycles. The molecular formula is C17H14ClN3O3S. The van der Waals surface area contributed by atoms with E-state index in [9.17, 15) is 4.79 Å². The molecule has 3 aromatic rings. The Kier molecular flexibility index (Phi) is 5.67. The molecule has 3 rings (SSSR count). The average molecular weight is 376 g/mol. The first-order chi connectivity index (χ1) is 12.1. The molecule has 8 heteroatoms. The predicted octanol–water partition coefficient (Wildman–Crippen LogP) is 4.08. The SMILES string of the molecule is Cc1noc(CSc2ccccc2C(=O)OCc2ccc(Cl)nc2)n1. The number of aromatic nitrogens is 3. The van der Waals surface area contributed by atoms with Gasteiger partial charge in [0, 0.05) is 16.7 Å². The summed E-state index contributed by atoms with van der Waals surface area (Å²) >= 11 is 7.18. The van der Waals surface area contributed by atoms with E-state index in [0.29, 0.717) is 28.2 Å². The maximum Gasteiger partial charge on any atom is 0.339 e. The summed E-state index contributed by atoms with van der Waals surface area (Å²) in [6.45, 7) is 1.89. The van der Waals surface area contributed by atoms with Crippen molar-refractivity contribution in [3.8, 4) is 0 Å². The van der Waals surface area contributed by atoms with E-state index in [1.54, 1.807) is 37.4 Å². The monoisotopic (exact) mass is 375 g/mol. The van der Waals surface area contributed by atoms with Crippen LogP contribution in [0.1, 0.15) is 27.6 Å². The van der Waals surface area contributed by atoms with Gasteiger partial charge in [0.05, 0.1) is 11.3 Å². The maximum atomic E-state index is 12.4.